The molecule has 150 valence electrons. The third kappa shape index (κ3) is 3.27. The third-order valence-corrected chi connectivity index (χ3v) is 5.75. The lowest BCUT2D eigenvalue weighted by Crippen LogP contribution is -2.52. The second-order valence-electron chi connectivity index (χ2n) is 7.68. The number of nitrogens with zero attached hydrogens (tertiary/aromatic N) is 2. The molecule has 1 aromatic carbocycles. The lowest BCUT2D eigenvalue weighted by Gasteiger charge is -2.29. The number of fused-ring (bicyclic) bond motifs is 1. The van der Waals surface area contributed by atoms with E-state index in [2.05, 4.69) is 20.9 Å². The van der Waals surface area contributed by atoms with Gasteiger partial charge in [-0.3, -0.25) is 19.7 Å². The van der Waals surface area contributed by atoms with Crippen LogP contribution in [0.3, 0.4) is 0 Å². The first-order valence-electron chi connectivity index (χ1n) is 9.75. The van der Waals surface area contributed by atoms with E-state index in [0.29, 0.717) is 37.0 Å². The molecule has 3 amide bonds. The Morgan fingerprint density at radius 3 is 2.86 bits per heavy atom. The molecule has 4 heterocycles. The fraction of sp³-hybridized carbons (Fsp3) is 0.400. The highest BCUT2D eigenvalue weighted by molar-refractivity contribution is 6.05. The summed E-state index contributed by atoms with van der Waals surface area (Å²) in [6.07, 6.45) is 2.30. The van der Waals surface area contributed by atoms with Crippen LogP contribution in [0.1, 0.15) is 45.9 Å². The van der Waals surface area contributed by atoms with Gasteiger partial charge in [-0.25, -0.2) is 0 Å². The predicted molar refractivity (Wildman–Crippen MR) is 102 cm³/mol. The number of imide groups is 1. The second-order valence-corrected chi connectivity index (χ2v) is 7.68. The first-order chi connectivity index (χ1) is 14.1. The van der Waals surface area contributed by atoms with Crippen molar-refractivity contribution in [2.24, 2.45) is 0 Å². The molecule has 1 atom stereocenters. The summed E-state index contributed by atoms with van der Waals surface area (Å²) in [4.78, 5) is 42.3. The van der Waals surface area contributed by atoms with Gasteiger partial charge in [0.15, 0.2) is 0 Å². The van der Waals surface area contributed by atoms with E-state index >= 15 is 0 Å². The van der Waals surface area contributed by atoms with Crippen molar-refractivity contribution in [3.8, 4) is 0 Å². The molecule has 0 spiro atoms. The van der Waals surface area contributed by atoms with Gasteiger partial charge in [-0.1, -0.05) is 12.1 Å². The number of aromatic nitrogens is 1. The Bertz CT molecular complexity index is 997. The van der Waals surface area contributed by atoms with Crippen molar-refractivity contribution in [1.82, 2.24) is 20.5 Å². The fourth-order valence-corrected chi connectivity index (χ4v) is 3.97. The normalized spacial score (nSPS) is 21.7. The number of carbonyl (C=O) groups excluding carboxylic acids is 3. The monoisotopic (exact) mass is 395 g/mol. The number of hydrogen-bond donors (Lipinski definition) is 3. The number of benzene rings is 1. The third-order valence-electron chi connectivity index (χ3n) is 5.75. The van der Waals surface area contributed by atoms with Crippen molar-refractivity contribution < 1.29 is 18.8 Å². The van der Waals surface area contributed by atoms with Gasteiger partial charge in [0, 0.05) is 44.1 Å². The Hall–Kier alpha value is -3.20. The number of amides is 3. The molecule has 2 saturated heterocycles. The Balaban J connectivity index is 1.25. The molecule has 29 heavy (non-hydrogen) atoms. The molecule has 3 aliphatic heterocycles. The second kappa shape index (κ2) is 7.00. The van der Waals surface area contributed by atoms with Crippen LogP contribution >= 0.6 is 0 Å². The van der Waals surface area contributed by atoms with E-state index < -0.39 is 11.9 Å². The number of rotatable bonds is 5. The van der Waals surface area contributed by atoms with Gasteiger partial charge in [-0.05, 0) is 23.6 Å². The zero-order valence-electron chi connectivity index (χ0n) is 15.7. The van der Waals surface area contributed by atoms with E-state index in [-0.39, 0.29) is 18.2 Å². The number of nitrogens with one attached hydrogen (secondary N) is 3. The van der Waals surface area contributed by atoms with E-state index in [9.17, 15) is 14.4 Å². The minimum Gasteiger partial charge on any atom is -0.432 e. The summed E-state index contributed by atoms with van der Waals surface area (Å²) < 4.78 is 5.49. The molecule has 0 saturated carbocycles. The SMILES string of the molecule is O=C1CCC(N2Cc3cc(CNc4nc(C5CNC5)co4)ccc3C2=O)C(=O)N1. The van der Waals surface area contributed by atoms with Crippen LogP contribution in [-0.4, -0.2) is 46.7 Å². The quantitative estimate of drug-likeness (QED) is 0.639. The van der Waals surface area contributed by atoms with Gasteiger partial charge in [0.05, 0.1) is 5.69 Å². The first kappa shape index (κ1) is 17.9. The summed E-state index contributed by atoms with van der Waals surface area (Å²) in [5, 5.41) is 8.70. The van der Waals surface area contributed by atoms with E-state index in [1.807, 2.05) is 12.1 Å². The number of hydrogen-bond acceptors (Lipinski definition) is 7. The van der Waals surface area contributed by atoms with Crippen LogP contribution in [0.5, 0.6) is 0 Å². The van der Waals surface area contributed by atoms with Gasteiger partial charge in [-0.2, -0.15) is 4.98 Å². The lowest BCUT2D eigenvalue weighted by atomic mass is 10.0. The van der Waals surface area contributed by atoms with E-state index in [1.165, 1.54) is 0 Å². The zero-order valence-corrected chi connectivity index (χ0v) is 15.7. The topological polar surface area (TPSA) is 117 Å². The average molecular weight is 395 g/mol. The number of anilines is 1. The summed E-state index contributed by atoms with van der Waals surface area (Å²) in [6.45, 7) is 2.73. The maximum Gasteiger partial charge on any atom is 0.295 e. The minimum absolute atomic E-state index is 0.166. The molecular formula is C20H21N5O4. The Kier molecular flexibility index (Phi) is 4.31. The Morgan fingerprint density at radius 1 is 1.24 bits per heavy atom. The molecule has 3 aliphatic rings. The first-order valence-corrected chi connectivity index (χ1v) is 9.75. The van der Waals surface area contributed by atoms with E-state index in [0.717, 1.165) is 29.9 Å². The summed E-state index contributed by atoms with van der Waals surface area (Å²) in [5.41, 5.74) is 3.43. The van der Waals surface area contributed by atoms with Gasteiger partial charge in [0.2, 0.25) is 11.8 Å². The van der Waals surface area contributed by atoms with Crippen molar-refractivity contribution in [2.45, 2.75) is 37.9 Å². The van der Waals surface area contributed by atoms with Gasteiger partial charge >= 0.3 is 0 Å². The summed E-state index contributed by atoms with van der Waals surface area (Å²) >= 11 is 0. The molecule has 2 aromatic rings. The number of oxazole rings is 1. The Labute approximate surface area is 166 Å². The highest BCUT2D eigenvalue weighted by Crippen LogP contribution is 2.28. The predicted octanol–water partition coefficient (Wildman–Crippen LogP) is 0.734. The summed E-state index contributed by atoms with van der Waals surface area (Å²) in [7, 11) is 0. The van der Waals surface area contributed by atoms with Crippen molar-refractivity contribution >= 4 is 23.7 Å². The lowest BCUT2D eigenvalue weighted by molar-refractivity contribution is -0.136. The molecule has 1 aromatic heterocycles. The van der Waals surface area contributed by atoms with Crippen LogP contribution in [-0.2, 0) is 22.7 Å². The maximum absolute atomic E-state index is 12.7. The highest BCUT2D eigenvalue weighted by atomic mass is 16.4. The molecule has 9 nitrogen and oxygen atoms in total. The van der Waals surface area contributed by atoms with Gasteiger partial charge in [0.1, 0.15) is 12.3 Å². The molecule has 2 fully saturated rings. The van der Waals surface area contributed by atoms with Gasteiger partial charge < -0.3 is 20.0 Å². The molecule has 3 N–H and O–H groups in total. The fourth-order valence-electron chi connectivity index (χ4n) is 3.97. The van der Waals surface area contributed by atoms with Crippen LogP contribution in [0.25, 0.3) is 0 Å². The number of piperidine rings is 1. The number of carbonyl (C=O) groups is 3. The van der Waals surface area contributed by atoms with Crippen LogP contribution in [0, 0.1) is 0 Å². The summed E-state index contributed by atoms with van der Waals surface area (Å²) in [6, 6.07) is 5.53. The van der Waals surface area contributed by atoms with E-state index in [4.69, 9.17) is 4.42 Å². The molecule has 0 aliphatic carbocycles. The average Bonchev–Trinajstić information content (AvgIpc) is 3.23. The van der Waals surface area contributed by atoms with Gasteiger partial charge in [-0.15, -0.1) is 0 Å². The molecule has 9 heteroatoms. The maximum atomic E-state index is 12.7. The van der Waals surface area contributed by atoms with Crippen molar-refractivity contribution in [1.29, 1.82) is 0 Å². The van der Waals surface area contributed by atoms with Crippen molar-refractivity contribution in [3.05, 3.63) is 46.8 Å². The molecule has 1 unspecified atom stereocenters. The summed E-state index contributed by atoms with van der Waals surface area (Å²) in [5.74, 6) is -0.434. The molecule has 0 radical (unpaired) electrons. The van der Waals surface area contributed by atoms with Crippen LogP contribution in [0.15, 0.2) is 28.9 Å². The zero-order chi connectivity index (χ0) is 20.0. The molecule has 0 bridgehead atoms. The van der Waals surface area contributed by atoms with Crippen molar-refractivity contribution in [2.75, 3.05) is 18.4 Å². The highest BCUT2D eigenvalue weighted by Gasteiger charge is 2.39. The standard InChI is InChI=1S/C20H21N5O4/c26-17-4-3-16(18(27)24-17)25-9-12-5-11(1-2-14(12)19(25)28)6-22-20-23-15(10-29-20)13-7-21-8-13/h1-2,5,10,13,16,21H,3-4,6-9H2,(H,22,23)(H,24,26,27). The van der Waals surface area contributed by atoms with Crippen LogP contribution in [0.4, 0.5) is 6.01 Å². The van der Waals surface area contributed by atoms with Crippen molar-refractivity contribution in [3.63, 3.8) is 0 Å². The largest absolute Gasteiger partial charge is 0.432 e. The Morgan fingerprint density at radius 2 is 2.10 bits per heavy atom. The van der Waals surface area contributed by atoms with Crippen LogP contribution in [0.2, 0.25) is 0 Å². The smallest absolute Gasteiger partial charge is 0.295 e. The molecule has 5 rings (SSSR count). The molecular weight excluding hydrogens is 374 g/mol. The van der Waals surface area contributed by atoms with E-state index in [1.54, 1.807) is 17.2 Å². The van der Waals surface area contributed by atoms with Gasteiger partial charge in [0.25, 0.3) is 11.9 Å². The van der Waals surface area contributed by atoms with Crippen LogP contribution < -0.4 is 16.0 Å². The minimum atomic E-state index is -0.596.